The third-order valence-electron chi connectivity index (χ3n) is 3.71. The SMILES string of the molecule is COc1ccccc1NC(=O)c1cc(C(=O)Nc2ccc(Cl)cc2)ccn1. The highest BCUT2D eigenvalue weighted by Crippen LogP contribution is 2.23. The molecule has 27 heavy (non-hydrogen) atoms. The molecule has 0 unspecified atom stereocenters. The van der Waals surface area contributed by atoms with Crippen molar-refractivity contribution in [1.82, 2.24) is 4.98 Å². The van der Waals surface area contributed by atoms with Gasteiger partial charge in [-0.2, -0.15) is 0 Å². The Balaban J connectivity index is 1.75. The Hall–Kier alpha value is -3.38. The number of ether oxygens (including phenoxy) is 1. The van der Waals surface area contributed by atoms with Crippen molar-refractivity contribution in [2.45, 2.75) is 0 Å². The molecule has 0 atom stereocenters. The smallest absolute Gasteiger partial charge is 0.274 e. The molecule has 0 saturated carbocycles. The number of halogens is 1. The Morgan fingerprint density at radius 2 is 1.70 bits per heavy atom. The Kier molecular flexibility index (Phi) is 5.68. The summed E-state index contributed by atoms with van der Waals surface area (Å²) < 4.78 is 5.21. The summed E-state index contributed by atoms with van der Waals surface area (Å²) in [5.41, 5.74) is 1.54. The zero-order chi connectivity index (χ0) is 19.2. The van der Waals surface area contributed by atoms with Gasteiger partial charge in [-0.15, -0.1) is 0 Å². The second kappa shape index (κ2) is 8.33. The topological polar surface area (TPSA) is 80.3 Å². The maximum atomic E-state index is 12.5. The fraction of sp³-hybridized carbons (Fsp3) is 0.0500. The van der Waals surface area contributed by atoms with E-state index >= 15 is 0 Å². The van der Waals surface area contributed by atoms with Crippen LogP contribution in [-0.4, -0.2) is 23.9 Å². The van der Waals surface area contributed by atoms with Crippen molar-refractivity contribution in [3.8, 4) is 5.75 Å². The van der Waals surface area contributed by atoms with E-state index in [-0.39, 0.29) is 11.6 Å². The van der Waals surface area contributed by atoms with Crippen LogP contribution in [0.25, 0.3) is 0 Å². The van der Waals surface area contributed by atoms with Gasteiger partial charge in [-0.25, -0.2) is 0 Å². The molecule has 3 aromatic rings. The zero-order valence-corrected chi connectivity index (χ0v) is 15.2. The Morgan fingerprint density at radius 1 is 0.963 bits per heavy atom. The summed E-state index contributed by atoms with van der Waals surface area (Å²) in [6.45, 7) is 0. The number of nitrogens with one attached hydrogen (secondary N) is 2. The van der Waals surface area contributed by atoms with Crippen LogP contribution in [-0.2, 0) is 0 Å². The zero-order valence-electron chi connectivity index (χ0n) is 14.4. The standard InChI is InChI=1S/C20H16ClN3O3/c1-27-18-5-3-2-4-16(18)24-20(26)17-12-13(10-11-22-17)19(25)23-15-8-6-14(21)7-9-15/h2-12H,1H3,(H,23,25)(H,24,26). The predicted octanol–water partition coefficient (Wildman–Crippen LogP) is 4.25. The molecule has 0 spiro atoms. The minimum Gasteiger partial charge on any atom is -0.495 e. The van der Waals surface area contributed by atoms with Crippen LogP contribution < -0.4 is 15.4 Å². The molecule has 0 fully saturated rings. The van der Waals surface area contributed by atoms with Gasteiger partial charge in [0, 0.05) is 22.5 Å². The lowest BCUT2D eigenvalue weighted by Crippen LogP contribution is -2.17. The molecule has 3 rings (SSSR count). The lowest BCUT2D eigenvalue weighted by atomic mass is 10.2. The third-order valence-corrected chi connectivity index (χ3v) is 3.96. The average Bonchev–Trinajstić information content (AvgIpc) is 2.70. The Morgan fingerprint density at radius 3 is 2.44 bits per heavy atom. The van der Waals surface area contributed by atoms with Crippen molar-refractivity contribution < 1.29 is 14.3 Å². The van der Waals surface area contributed by atoms with Gasteiger partial charge in [-0.1, -0.05) is 23.7 Å². The fourth-order valence-corrected chi connectivity index (χ4v) is 2.49. The molecule has 136 valence electrons. The van der Waals surface area contributed by atoms with Gasteiger partial charge in [-0.3, -0.25) is 14.6 Å². The largest absolute Gasteiger partial charge is 0.495 e. The normalized spacial score (nSPS) is 10.1. The first-order chi connectivity index (χ1) is 13.1. The quantitative estimate of drug-likeness (QED) is 0.692. The van der Waals surface area contributed by atoms with Gasteiger partial charge in [0.2, 0.25) is 0 Å². The van der Waals surface area contributed by atoms with E-state index in [0.717, 1.165) is 0 Å². The van der Waals surface area contributed by atoms with Crippen LogP contribution in [0.5, 0.6) is 5.75 Å². The maximum Gasteiger partial charge on any atom is 0.274 e. The molecule has 0 radical (unpaired) electrons. The minimum atomic E-state index is -0.444. The minimum absolute atomic E-state index is 0.115. The molecule has 1 heterocycles. The second-order valence-electron chi connectivity index (χ2n) is 5.55. The molecule has 0 saturated heterocycles. The molecule has 1 aromatic heterocycles. The highest BCUT2D eigenvalue weighted by molar-refractivity contribution is 6.30. The molecule has 0 aliphatic heterocycles. The fourth-order valence-electron chi connectivity index (χ4n) is 2.37. The molecule has 2 N–H and O–H groups in total. The van der Waals surface area contributed by atoms with Crippen LogP contribution in [0.3, 0.4) is 0 Å². The van der Waals surface area contributed by atoms with Gasteiger partial charge in [0.15, 0.2) is 0 Å². The second-order valence-corrected chi connectivity index (χ2v) is 5.98. The number of hydrogen-bond donors (Lipinski definition) is 2. The first-order valence-electron chi connectivity index (χ1n) is 8.04. The monoisotopic (exact) mass is 381 g/mol. The highest BCUT2D eigenvalue weighted by Gasteiger charge is 2.14. The van der Waals surface area contributed by atoms with Gasteiger partial charge in [-0.05, 0) is 48.5 Å². The first kappa shape index (κ1) is 18.4. The van der Waals surface area contributed by atoms with Crippen LogP contribution in [0.15, 0.2) is 66.9 Å². The van der Waals surface area contributed by atoms with Gasteiger partial charge < -0.3 is 15.4 Å². The van der Waals surface area contributed by atoms with E-state index in [1.165, 1.54) is 25.4 Å². The van der Waals surface area contributed by atoms with E-state index in [9.17, 15) is 9.59 Å². The molecule has 0 bridgehead atoms. The predicted molar refractivity (Wildman–Crippen MR) is 105 cm³/mol. The average molecular weight is 382 g/mol. The summed E-state index contributed by atoms with van der Waals surface area (Å²) in [7, 11) is 1.52. The van der Waals surface area contributed by atoms with E-state index < -0.39 is 5.91 Å². The van der Waals surface area contributed by atoms with Crippen molar-refractivity contribution in [1.29, 1.82) is 0 Å². The molecule has 0 aliphatic carbocycles. The molecular weight excluding hydrogens is 366 g/mol. The summed E-state index contributed by atoms with van der Waals surface area (Å²) in [6, 6.07) is 16.7. The van der Waals surface area contributed by atoms with Crippen LogP contribution >= 0.6 is 11.6 Å². The number of carbonyl (C=O) groups is 2. The lowest BCUT2D eigenvalue weighted by molar-refractivity contribution is 0.102. The first-order valence-corrected chi connectivity index (χ1v) is 8.42. The number of rotatable bonds is 5. The van der Waals surface area contributed by atoms with Crippen LogP contribution in [0.1, 0.15) is 20.8 Å². The van der Waals surface area contributed by atoms with Crippen molar-refractivity contribution in [3.63, 3.8) is 0 Å². The number of pyridine rings is 1. The summed E-state index contributed by atoms with van der Waals surface area (Å²) in [5.74, 6) is -0.269. The molecule has 2 amide bonds. The number of methoxy groups -OCH3 is 1. The van der Waals surface area contributed by atoms with E-state index in [4.69, 9.17) is 16.3 Å². The van der Waals surface area contributed by atoms with Gasteiger partial charge in [0.05, 0.1) is 12.8 Å². The molecule has 0 aliphatic rings. The third kappa shape index (κ3) is 4.62. The summed E-state index contributed by atoms with van der Waals surface area (Å²) in [4.78, 5) is 28.9. The number of benzene rings is 2. The summed E-state index contributed by atoms with van der Waals surface area (Å²) in [5, 5.41) is 6.05. The summed E-state index contributed by atoms with van der Waals surface area (Å²) >= 11 is 5.83. The van der Waals surface area contributed by atoms with Gasteiger partial charge in [0.1, 0.15) is 11.4 Å². The van der Waals surface area contributed by atoms with Gasteiger partial charge in [0.25, 0.3) is 11.8 Å². The van der Waals surface area contributed by atoms with Crippen molar-refractivity contribution >= 4 is 34.8 Å². The Labute approximate surface area is 161 Å². The van der Waals surface area contributed by atoms with Crippen LogP contribution in [0.4, 0.5) is 11.4 Å². The number of carbonyl (C=O) groups excluding carboxylic acids is 2. The van der Waals surface area contributed by atoms with Crippen LogP contribution in [0.2, 0.25) is 5.02 Å². The molecule has 7 heteroatoms. The summed E-state index contributed by atoms with van der Waals surface area (Å²) in [6.07, 6.45) is 1.41. The maximum absolute atomic E-state index is 12.5. The highest BCUT2D eigenvalue weighted by atomic mass is 35.5. The van der Waals surface area contributed by atoms with E-state index in [1.54, 1.807) is 48.5 Å². The van der Waals surface area contributed by atoms with E-state index in [2.05, 4.69) is 15.6 Å². The van der Waals surface area contributed by atoms with Gasteiger partial charge >= 0.3 is 0 Å². The van der Waals surface area contributed by atoms with E-state index in [0.29, 0.717) is 27.7 Å². The van der Waals surface area contributed by atoms with Crippen molar-refractivity contribution in [2.24, 2.45) is 0 Å². The van der Waals surface area contributed by atoms with Crippen molar-refractivity contribution in [2.75, 3.05) is 17.7 Å². The number of anilines is 2. The molecule has 2 aromatic carbocycles. The molecular formula is C20H16ClN3O3. The van der Waals surface area contributed by atoms with Crippen LogP contribution in [0, 0.1) is 0 Å². The number of nitrogens with zero attached hydrogens (tertiary/aromatic N) is 1. The number of aromatic nitrogens is 1. The number of para-hydroxylation sites is 2. The Bertz CT molecular complexity index is 974. The number of amides is 2. The molecule has 6 nitrogen and oxygen atoms in total. The van der Waals surface area contributed by atoms with Crippen molar-refractivity contribution in [3.05, 3.63) is 83.1 Å². The van der Waals surface area contributed by atoms with E-state index in [1.807, 2.05) is 0 Å². The number of hydrogen-bond acceptors (Lipinski definition) is 4. The lowest BCUT2D eigenvalue weighted by Gasteiger charge is -2.10.